The standard InChI is InChI=1S/C15H12FN3O2/c1-9(10-2-5-12(16)6-3-10)19-14-8-11(15(20)21)4-7-13(14)17-18-19/h2-9H,1H3,(H,20,21). The molecule has 0 saturated carbocycles. The highest BCUT2D eigenvalue weighted by molar-refractivity contribution is 5.92. The summed E-state index contributed by atoms with van der Waals surface area (Å²) >= 11 is 0. The van der Waals surface area contributed by atoms with E-state index in [1.165, 1.54) is 24.3 Å². The van der Waals surface area contributed by atoms with E-state index in [1.54, 1.807) is 22.9 Å². The van der Waals surface area contributed by atoms with Crippen molar-refractivity contribution in [2.75, 3.05) is 0 Å². The van der Waals surface area contributed by atoms with Gasteiger partial charge in [0.15, 0.2) is 0 Å². The second kappa shape index (κ2) is 4.97. The summed E-state index contributed by atoms with van der Waals surface area (Å²) in [7, 11) is 0. The van der Waals surface area contributed by atoms with Gasteiger partial charge < -0.3 is 5.11 Å². The molecule has 0 bridgehead atoms. The Morgan fingerprint density at radius 3 is 2.62 bits per heavy atom. The molecule has 0 amide bonds. The van der Waals surface area contributed by atoms with Crippen LogP contribution in [0.1, 0.15) is 28.9 Å². The molecule has 0 saturated heterocycles. The first kappa shape index (κ1) is 13.2. The predicted octanol–water partition coefficient (Wildman–Crippen LogP) is 2.88. The molecule has 3 rings (SSSR count). The Balaban J connectivity index is 2.09. The zero-order valence-electron chi connectivity index (χ0n) is 11.2. The highest BCUT2D eigenvalue weighted by Crippen LogP contribution is 2.22. The van der Waals surface area contributed by atoms with Crippen LogP contribution in [0.5, 0.6) is 0 Å². The highest BCUT2D eigenvalue weighted by atomic mass is 19.1. The molecule has 3 aromatic rings. The van der Waals surface area contributed by atoms with Crippen molar-refractivity contribution in [3.63, 3.8) is 0 Å². The van der Waals surface area contributed by atoms with Gasteiger partial charge >= 0.3 is 5.97 Å². The van der Waals surface area contributed by atoms with Gasteiger partial charge in [0.25, 0.3) is 0 Å². The summed E-state index contributed by atoms with van der Waals surface area (Å²) < 4.78 is 14.6. The van der Waals surface area contributed by atoms with E-state index in [-0.39, 0.29) is 17.4 Å². The normalized spacial score (nSPS) is 12.5. The first-order chi connectivity index (χ1) is 10.1. The minimum atomic E-state index is -1.00. The lowest BCUT2D eigenvalue weighted by Crippen LogP contribution is -2.09. The van der Waals surface area contributed by atoms with Crippen molar-refractivity contribution < 1.29 is 14.3 Å². The molecule has 6 heteroatoms. The predicted molar refractivity (Wildman–Crippen MR) is 74.7 cm³/mol. The summed E-state index contributed by atoms with van der Waals surface area (Å²) in [6, 6.07) is 10.6. The van der Waals surface area contributed by atoms with Gasteiger partial charge in [0, 0.05) is 0 Å². The lowest BCUT2D eigenvalue weighted by atomic mass is 10.1. The molecule has 1 atom stereocenters. The molecule has 0 aliphatic rings. The third kappa shape index (κ3) is 2.35. The van der Waals surface area contributed by atoms with Crippen LogP contribution in [0, 0.1) is 5.82 Å². The van der Waals surface area contributed by atoms with Crippen LogP contribution in [0.2, 0.25) is 0 Å². The molecule has 0 fully saturated rings. The van der Waals surface area contributed by atoms with Gasteiger partial charge in [-0.25, -0.2) is 13.9 Å². The fourth-order valence-electron chi connectivity index (χ4n) is 2.24. The number of halogens is 1. The second-order valence-corrected chi connectivity index (χ2v) is 4.77. The first-order valence-electron chi connectivity index (χ1n) is 6.40. The van der Waals surface area contributed by atoms with Crippen molar-refractivity contribution in [2.24, 2.45) is 0 Å². The molecule has 0 spiro atoms. The number of carboxylic acid groups (broad SMARTS) is 1. The average molecular weight is 285 g/mol. The molecule has 1 aromatic heterocycles. The molecular formula is C15H12FN3O2. The number of fused-ring (bicyclic) bond motifs is 1. The minimum absolute atomic E-state index is 0.178. The third-order valence-electron chi connectivity index (χ3n) is 3.44. The molecule has 5 nitrogen and oxygen atoms in total. The van der Waals surface area contributed by atoms with E-state index < -0.39 is 5.97 Å². The fourth-order valence-corrected chi connectivity index (χ4v) is 2.24. The van der Waals surface area contributed by atoms with Crippen molar-refractivity contribution in [3.8, 4) is 0 Å². The minimum Gasteiger partial charge on any atom is -0.478 e. The van der Waals surface area contributed by atoms with Gasteiger partial charge in [-0.05, 0) is 42.8 Å². The number of rotatable bonds is 3. The van der Waals surface area contributed by atoms with Crippen molar-refractivity contribution in [2.45, 2.75) is 13.0 Å². The maximum atomic E-state index is 13.0. The van der Waals surface area contributed by atoms with Crippen LogP contribution in [0.25, 0.3) is 11.0 Å². The SMILES string of the molecule is CC(c1ccc(F)cc1)n1nnc2ccc(C(=O)O)cc21. The van der Waals surface area contributed by atoms with Crippen LogP contribution >= 0.6 is 0 Å². The van der Waals surface area contributed by atoms with Crippen LogP contribution < -0.4 is 0 Å². The van der Waals surface area contributed by atoms with Gasteiger partial charge in [-0.2, -0.15) is 0 Å². The molecule has 2 aromatic carbocycles. The van der Waals surface area contributed by atoms with E-state index in [0.29, 0.717) is 11.0 Å². The molecule has 106 valence electrons. The third-order valence-corrected chi connectivity index (χ3v) is 3.44. The van der Waals surface area contributed by atoms with Gasteiger partial charge in [-0.15, -0.1) is 5.10 Å². The Kier molecular flexibility index (Phi) is 3.13. The lowest BCUT2D eigenvalue weighted by Gasteiger charge is -2.13. The van der Waals surface area contributed by atoms with Gasteiger partial charge in [-0.3, -0.25) is 0 Å². The van der Waals surface area contributed by atoms with E-state index in [1.807, 2.05) is 6.92 Å². The van der Waals surface area contributed by atoms with Crippen LogP contribution in [-0.4, -0.2) is 26.1 Å². The van der Waals surface area contributed by atoms with E-state index in [0.717, 1.165) is 5.56 Å². The average Bonchev–Trinajstić information content (AvgIpc) is 2.90. The van der Waals surface area contributed by atoms with Gasteiger partial charge in [0.05, 0.1) is 17.1 Å². The largest absolute Gasteiger partial charge is 0.478 e. The quantitative estimate of drug-likeness (QED) is 0.803. The molecule has 21 heavy (non-hydrogen) atoms. The van der Waals surface area contributed by atoms with E-state index in [4.69, 9.17) is 5.11 Å². The van der Waals surface area contributed by atoms with Crippen molar-refractivity contribution in [1.82, 2.24) is 15.0 Å². The molecule has 0 aliphatic heterocycles. The Bertz CT molecular complexity index is 811. The van der Waals surface area contributed by atoms with Crippen LogP contribution in [0.3, 0.4) is 0 Å². The maximum absolute atomic E-state index is 13.0. The van der Waals surface area contributed by atoms with Gasteiger partial charge in [0.1, 0.15) is 11.3 Å². The zero-order chi connectivity index (χ0) is 15.0. The van der Waals surface area contributed by atoms with Crippen LogP contribution in [0.4, 0.5) is 4.39 Å². The smallest absolute Gasteiger partial charge is 0.335 e. The molecule has 0 radical (unpaired) electrons. The van der Waals surface area contributed by atoms with Crippen LogP contribution in [-0.2, 0) is 0 Å². The summed E-state index contributed by atoms with van der Waals surface area (Å²) in [6.07, 6.45) is 0. The monoisotopic (exact) mass is 285 g/mol. The highest BCUT2D eigenvalue weighted by Gasteiger charge is 2.15. The first-order valence-corrected chi connectivity index (χ1v) is 6.40. The zero-order valence-corrected chi connectivity index (χ0v) is 11.2. The van der Waals surface area contributed by atoms with Crippen molar-refractivity contribution in [1.29, 1.82) is 0 Å². The molecule has 1 unspecified atom stereocenters. The number of carbonyl (C=O) groups is 1. The Labute approximate surface area is 119 Å². The van der Waals surface area contributed by atoms with Crippen molar-refractivity contribution in [3.05, 3.63) is 59.4 Å². The van der Waals surface area contributed by atoms with Crippen LogP contribution in [0.15, 0.2) is 42.5 Å². The Morgan fingerprint density at radius 1 is 1.24 bits per heavy atom. The lowest BCUT2D eigenvalue weighted by molar-refractivity contribution is 0.0697. The summed E-state index contributed by atoms with van der Waals surface area (Å²) in [5.74, 6) is -1.30. The second-order valence-electron chi connectivity index (χ2n) is 4.77. The summed E-state index contributed by atoms with van der Waals surface area (Å²) in [5.41, 5.74) is 2.29. The summed E-state index contributed by atoms with van der Waals surface area (Å²) in [5, 5.41) is 17.2. The number of benzene rings is 2. The summed E-state index contributed by atoms with van der Waals surface area (Å²) in [6.45, 7) is 1.90. The molecular weight excluding hydrogens is 273 g/mol. The summed E-state index contributed by atoms with van der Waals surface area (Å²) in [4.78, 5) is 11.1. The number of hydrogen-bond acceptors (Lipinski definition) is 3. The Morgan fingerprint density at radius 2 is 1.95 bits per heavy atom. The maximum Gasteiger partial charge on any atom is 0.335 e. The topological polar surface area (TPSA) is 68.0 Å². The number of hydrogen-bond donors (Lipinski definition) is 1. The van der Waals surface area contributed by atoms with Gasteiger partial charge in [-0.1, -0.05) is 17.3 Å². The molecule has 1 heterocycles. The van der Waals surface area contributed by atoms with Gasteiger partial charge in [0.2, 0.25) is 0 Å². The van der Waals surface area contributed by atoms with E-state index in [9.17, 15) is 9.18 Å². The Hall–Kier alpha value is -2.76. The molecule has 1 N–H and O–H groups in total. The number of aromatic nitrogens is 3. The van der Waals surface area contributed by atoms with E-state index >= 15 is 0 Å². The number of nitrogens with zero attached hydrogens (tertiary/aromatic N) is 3. The number of carboxylic acids is 1. The fraction of sp³-hybridized carbons (Fsp3) is 0.133. The van der Waals surface area contributed by atoms with Crippen molar-refractivity contribution >= 4 is 17.0 Å². The number of aromatic carboxylic acids is 1. The molecule has 0 aliphatic carbocycles. The van der Waals surface area contributed by atoms with E-state index in [2.05, 4.69) is 10.3 Å².